The van der Waals surface area contributed by atoms with Crippen LogP contribution in [-0.4, -0.2) is 30.2 Å². The Hall–Kier alpha value is -0.610. The van der Waals surface area contributed by atoms with Gasteiger partial charge in [-0.1, -0.05) is 6.92 Å². The van der Waals surface area contributed by atoms with Crippen LogP contribution in [0.2, 0.25) is 0 Å². The van der Waals surface area contributed by atoms with E-state index in [1.165, 1.54) is 0 Å². The first-order valence-electron chi connectivity index (χ1n) is 5.66. The van der Waals surface area contributed by atoms with Crippen LogP contribution in [-0.2, 0) is 9.53 Å². The Bertz CT molecular complexity index is 233. The molecule has 0 aromatic heterocycles. The molecule has 3 unspecified atom stereocenters. The first-order chi connectivity index (χ1) is 6.98. The molecule has 1 amide bonds. The Kier molecular flexibility index (Phi) is 4.11. The summed E-state index contributed by atoms with van der Waals surface area (Å²) in [5.41, 5.74) is 5.52. The molecule has 0 aliphatic carbocycles. The third-order valence-electron chi connectivity index (χ3n) is 3.28. The lowest BCUT2D eigenvalue weighted by Crippen LogP contribution is -2.51. The van der Waals surface area contributed by atoms with Crippen molar-refractivity contribution in [2.45, 2.75) is 57.7 Å². The van der Waals surface area contributed by atoms with E-state index in [9.17, 15) is 4.79 Å². The second-order valence-corrected chi connectivity index (χ2v) is 4.60. The summed E-state index contributed by atoms with van der Waals surface area (Å²) in [4.78, 5) is 11.7. The lowest BCUT2D eigenvalue weighted by Gasteiger charge is -2.29. The molecule has 1 saturated heterocycles. The minimum atomic E-state index is -0.218. The van der Waals surface area contributed by atoms with Gasteiger partial charge in [-0.05, 0) is 26.7 Å². The summed E-state index contributed by atoms with van der Waals surface area (Å²) in [6.07, 6.45) is 2.19. The number of hydrogen-bond acceptors (Lipinski definition) is 3. The monoisotopic (exact) mass is 214 g/mol. The minimum Gasteiger partial charge on any atom is -0.376 e. The molecule has 1 heterocycles. The van der Waals surface area contributed by atoms with Gasteiger partial charge in [0, 0.05) is 19.1 Å². The van der Waals surface area contributed by atoms with E-state index in [1.807, 2.05) is 20.8 Å². The average molecular weight is 214 g/mol. The molecule has 3 N–H and O–H groups in total. The zero-order valence-electron chi connectivity index (χ0n) is 9.88. The summed E-state index contributed by atoms with van der Waals surface area (Å²) in [6.45, 7) is 6.73. The van der Waals surface area contributed by atoms with E-state index in [-0.39, 0.29) is 23.6 Å². The number of carbonyl (C=O) groups is 1. The molecule has 4 heteroatoms. The Balaban J connectivity index is 2.43. The van der Waals surface area contributed by atoms with Crippen LogP contribution in [0.3, 0.4) is 0 Å². The van der Waals surface area contributed by atoms with Crippen LogP contribution >= 0.6 is 0 Å². The van der Waals surface area contributed by atoms with Gasteiger partial charge in [-0.15, -0.1) is 0 Å². The summed E-state index contributed by atoms with van der Waals surface area (Å²) in [7, 11) is 0. The summed E-state index contributed by atoms with van der Waals surface area (Å²) < 4.78 is 5.45. The highest BCUT2D eigenvalue weighted by molar-refractivity contribution is 5.77. The normalized spacial score (nSPS) is 32.7. The van der Waals surface area contributed by atoms with Crippen molar-refractivity contribution in [3.63, 3.8) is 0 Å². The molecule has 0 bridgehead atoms. The van der Waals surface area contributed by atoms with Crippen LogP contribution < -0.4 is 11.1 Å². The lowest BCUT2D eigenvalue weighted by molar-refractivity contribution is -0.123. The van der Waals surface area contributed by atoms with Crippen LogP contribution in [0, 0.1) is 0 Å². The minimum absolute atomic E-state index is 0.0317. The summed E-state index contributed by atoms with van der Waals surface area (Å²) in [6, 6.07) is -0.0359. The molecule has 1 aliphatic heterocycles. The zero-order valence-corrected chi connectivity index (χ0v) is 9.88. The zero-order chi connectivity index (χ0) is 11.5. The molecule has 0 spiro atoms. The third kappa shape index (κ3) is 3.18. The van der Waals surface area contributed by atoms with Gasteiger partial charge in [-0.25, -0.2) is 0 Å². The Labute approximate surface area is 91.5 Å². The second kappa shape index (κ2) is 4.94. The highest BCUT2D eigenvalue weighted by Crippen LogP contribution is 2.25. The van der Waals surface area contributed by atoms with Crippen LogP contribution in [0.1, 0.15) is 40.0 Å². The molecule has 0 aromatic carbocycles. The highest BCUT2D eigenvalue weighted by Gasteiger charge is 2.38. The van der Waals surface area contributed by atoms with E-state index in [4.69, 9.17) is 10.5 Å². The molecule has 1 aliphatic rings. The van der Waals surface area contributed by atoms with E-state index in [2.05, 4.69) is 5.32 Å². The topological polar surface area (TPSA) is 64.4 Å². The Morgan fingerprint density at radius 2 is 2.40 bits per heavy atom. The molecule has 88 valence electrons. The first-order valence-corrected chi connectivity index (χ1v) is 5.66. The lowest BCUT2D eigenvalue weighted by atomic mass is 9.94. The fourth-order valence-corrected chi connectivity index (χ4v) is 1.75. The van der Waals surface area contributed by atoms with E-state index in [0.29, 0.717) is 6.42 Å². The standard InChI is InChI=1S/C11H22N2O2/c1-4-9(12)7-10(14)13-11(3)5-6-15-8(11)2/h8-9H,4-7,12H2,1-3H3,(H,13,14). The van der Waals surface area contributed by atoms with E-state index >= 15 is 0 Å². The number of ether oxygens (including phenoxy) is 1. The van der Waals surface area contributed by atoms with Gasteiger partial charge in [0.1, 0.15) is 0 Å². The van der Waals surface area contributed by atoms with Gasteiger partial charge in [0.05, 0.1) is 11.6 Å². The van der Waals surface area contributed by atoms with Crippen LogP contribution in [0.15, 0.2) is 0 Å². The maximum absolute atomic E-state index is 11.7. The van der Waals surface area contributed by atoms with Gasteiger partial charge in [0.25, 0.3) is 0 Å². The first kappa shape index (κ1) is 12.5. The number of nitrogens with two attached hydrogens (primary N) is 1. The van der Waals surface area contributed by atoms with Crippen LogP contribution in [0.4, 0.5) is 0 Å². The van der Waals surface area contributed by atoms with Gasteiger partial charge in [-0.3, -0.25) is 4.79 Å². The van der Waals surface area contributed by atoms with E-state index < -0.39 is 0 Å². The molecule has 3 atom stereocenters. The van der Waals surface area contributed by atoms with Gasteiger partial charge in [-0.2, -0.15) is 0 Å². The van der Waals surface area contributed by atoms with Gasteiger partial charge in [0.2, 0.25) is 5.91 Å². The van der Waals surface area contributed by atoms with Crippen molar-refractivity contribution in [3.8, 4) is 0 Å². The van der Waals surface area contributed by atoms with Crippen LogP contribution in [0.5, 0.6) is 0 Å². The number of carbonyl (C=O) groups excluding carboxylic acids is 1. The number of amides is 1. The predicted molar refractivity (Wildman–Crippen MR) is 59.5 cm³/mol. The molecular formula is C11H22N2O2. The third-order valence-corrected chi connectivity index (χ3v) is 3.28. The molecule has 15 heavy (non-hydrogen) atoms. The van der Waals surface area contributed by atoms with Crippen molar-refractivity contribution in [2.24, 2.45) is 5.73 Å². The fraction of sp³-hybridized carbons (Fsp3) is 0.909. The molecule has 0 radical (unpaired) electrons. The molecule has 1 rings (SSSR count). The fourth-order valence-electron chi connectivity index (χ4n) is 1.75. The molecule has 1 fully saturated rings. The van der Waals surface area contributed by atoms with Crippen LogP contribution in [0.25, 0.3) is 0 Å². The van der Waals surface area contributed by atoms with Crippen molar-refractivity contribution in [1.29, 1.82) is 0 Å². The van der Waals surface area contributed by atoms with Crippen molar-refractivity contribution in [2.75, 3.05) is 6.61 Å². The quantitative estimate of drug-likeness (QED) is 0.727. The SMILES string of the molecule is CCC(N)CC(=O)NC1(C)CCOC1C. The van der Waals surface area contributed by atoms with Gasteiger partial charge < -0.3 is 15.8 Å². The number of nitrogens with one attached hydrogen (secondary N) is 1. The van der Waals surface area contributed by atoms with Gasteiger partial charge >= 0.3 is 0 Å². The number of rotatable bonds is 4. The molecule has 0 saturated carbocycles. The van der Waals surface area contributed by atoms with E-state index in [0.717, 1.165) is 19.4 Å². The molecule has 0 aromatic rings. The average Bonchev–Trinajstić information content (AvgIpc) is 2.46. The van der Waals surface area contributed by atoms with Crippen molar-refractivity contribution < 1.29 is 9.53 Å². The van der Waals surface area contributed by atoms with Crippen molar-refractivity contribution in [1.82, 2.24) is 5.32 Å². The Morgan fingerprint density at radius 1 is 1.73 bits per heavy atom. The maximum atomic E-state index is 11.7. The van der Waals surface area contributed by atoms with E-state index in [1.54, 1.807) is 0 Å². The second-order valence-electron chi connectivity index (χ2n) is 4.60. The van der Waals surface area contributed by atoms with Crippen molar-refractivity contribution in [3.05, 3.63) is 0 Å². The summed E-state index contributed by atoms with van der Waals surface area (Å²) in [5, 5.41) is 3.03. The largest absolute Gasteiger partial charge is 0.376 e. The number of hydrogen-bond donors (Lipinski definition) is 2. The molecule has 4 nitrogen and oxygen atoms in total. The smallest absolute Gasteiger partial charge is 0.222 e. The predicted octanol–water partition coefficient (Wildman–Crippen LogP) is 0.797. The summed E-state index contributed by atoms with van der Waals surface area (Å²) >= 11 is 0. The van der Waals surface area contributed by atoms with Crippen molar-refractivity contribution >= 4 is 5.91 Å². The maximum Gasteiger partial charge on any atom is 0.222 e. The van der Waals surface area contributed by atoms with Gasteiger partial charge in [0.15, 0.2) is 0 Å². The Morgan fingerprint density at radius 3 is 2.87 bits per heavy atom. The summed E-state index contributed by atoms with van der Waals surface area (Å²) in [5.74, 6) is 0.0317. The highest BCUT2D eigenvalue weighted by atomic mass is 16.5. The molecular weight excluding hydrogens is 192 g/mol.